The first-order valence-electron chi connectivity index (χ1n) is 3.31. The van der Waals surface area contributed by atoms with Gasteiger partial charge in [-0.1, -0.05) is 5.57 Å². The van der Waals surface area contributed by atoms with Crippen LogP contribution in [0.25, 0.3) is 0 Å². The first kappa shape index (κ1) is 9.88. The maximum Gasteiger partial charge on any atom is 0.330 e. The van der Waals surface area contributed by atoms with Gasteiger partial charge in [-0.15, -0.1) is 0 Å². The van der Waals surface area contributed by atoms with E-state index in [0.29, 0.717) is 6.42 Å². The van der Waals surface area contributed by atoms with Crippen molar-refractivity contribution < 1.29 is 14.3 Å². The molecule has 0 unspecified atom stereocenters. The number of methoxy groups -OCH3 is 1. The Kier molecular flexibility index (Phi) is 4.18. The van der Waals surface area contributed by atoms with Gasteiger partial charge in [0.1, 0.15) is 5.78 Å². The lowest BCUT2D eigenvalue weighted by molar-refractivity contribution is -0.134. The Morgan fingerprint density at radius 2 is 1.91 bits per heavy atom. The molecule has 62 valence electrons. The number of esters is 1. The van der Waals surface area contributed by atoms with E-state index in [-0.39, 0.29) is 5.78 Å². The average molecular weight is 156 g/mol. The average Bonchev–Trinajstić information content (AvgIpc) is 1.85. The lowest BCUT2D eigenvalue weighted by atomic mass is 10.1. The zero-order chi connectivity index (χ0) is 8.85. The zero-order valence-corrected chi connectivity index (χ0v) is 7.01. The molecule has 0 aliphatic rings. The number of ether oxygens (including phenoxy) is 1. The number of ketones is 1. The van der Waals surface area contributed by atoms with Crippen molar-refractivity contribution in [1.29, 1.82) is 0 Å². The minimum atomic E-state index is -0.413. The largest absolute Gasteiger partial charge is 0.466 e. The van der Waals surface area contributed by atoms with Crippen molar-refractivity contribution >= 4 is 11.8 Å². The van der Waals surface area contributed by atoms with Gasteiger partial charge < -0.3 is 4.74 Å². The highest BCUT2D eigenvalue weighted by Crippen LogP contribution is 2.00. The number of allylic oxidation sites excluding steroid dienone is 1. The lowest BCUT2D eigenvalue weighted by Gasteiger charge is -1.95. The van der Waals surface area contributed by atoms with E-state index in [4.69, 9.17) is 0 Å². The number of carbonyl (C=O) groups excluding carboxylic acids is 2. The highest BCUT2D eigenvalue weighted by molar-refractivity contribution is 5.85. The fourth-order valence-corrected chi connectivity index (χ4v) is 0.704. The summed E-state index contributed by atoms with van der Waals surface area (Å²) >= 11 is 0. The van der Waals surface area contributed by atoms with Crippen molar-refractivity contribution in [3.8, 4) is 0 Å². The van der Waals surface area contributed by atoms with Gasteiger partial charge in [-0.25, -0.2) is 4.79 Å². The van der Waals surface area contributed by atoms with E-state index in [1.807, 2.05) is 0 Å². The molecular formula is C8H12O3. The molecule has 0 radical (unpaired) electrons. The van der Waals surface area contributed by atoms with Gasteiger partial charge >= 0.3 is 5.97 Å². The molecule has 11 heavy (non-hydrogen) atoms. The Balaban J connectivity index is 4.00. The highest BCUT2D eigenvalue weighted by Gasteiger charge is 1.98. The van der Waals surface area contributed by atoms with Gasteiger partial charge in [0.05, 0.1) is 7.11 Å². The van der Waals surface area contributed by atoms with Gasteiger partial charge in [0, 0.05) is 12.5 Å². The molecule has 3 nitrogen and oxygen atoms in total. The quantitative estimate of drug-likeness (QED) is 0.453. The Bertz CT molecular complexity index is 192. The summed E-state index contributed by atoms with van der Waals surface area (Å²) in [6, 6.07) is 0. The van der Waals surface area contributed by atoms with Crippen LogP contribution in [0.4, 0.5) is 0 Å². The number of hydrogen-bond donors (Lipinski definition) is 0. The number of carbonyl (C=O) groups is 2. The SMILES string of the molecule is COC(=O)/C=C(\C)CC(C)=O. The van der Waals surface area contributed by atoms with Crippen LogP contribution < -0.4 is 0 Å². The Hall–Kier alpha value is -1.12. The second-order valence-electron chi connectivity index (χ2n) is 2.39. The normalized spacial score (nSPS) is 11.0. The number of rotatable bonds is 3. The van der Waals surface area contributed by atoms with Gasteiger partial charge in [0.25, 0.3) is 0 Å². The van der Waals surface area contributed by atoms with Crippen molar-refractivity contribution in [3.63, 3.8) is 0 Å². The van der Waals surface area contributed by atoms with Crippen LogP contribution in [0.2, 0.25) is 0 Å². The fraction of sp³-hybridized carbons (Fsp3) is 0.500. The molecule has 0 atom stereocenters. The van der Waals surface area contributed by atoms with Gasteiger partial charge in [0.2, 0.25) is 0 Å². The van der Waals surface area contributed by atoms with Crippen LogP contribution >= 0.6 is 0 Å². The van der Waals surface area contributed by atoms with Crippen molar-refractivity contribution in [3.05, 3.63) is 11.6 Å². The molecule has 0 aliphatic carbocycles. The molecule has 0 rings (SSSR count). The van der Waals surface area contributed by atoms with Gasteiger partial charge in [-0.3, -0.25) is 4.79 Å². The van der Waals surface area contributed by atoms with Crippen molar-refractivity contribution in [2.45, 2.75) is 20.3 Å². The third-order valence-electron chi connectivity index (χ3n) is 1.09. The van der Waals surface area contributed by atoms with Crippen molar-refractivity contribution in [1.82, 2.24) is 0 Å². The third kappa shape index (κ3) is 5.33. The van der Waals surface area contributed by atoms with Gasteiger partial charge in [-0.05, 0) is 13.8 Å². The molecule has 0 fully saturated rings. The van der Waals surface area contributed by atoms with Crippen LogP contribution in [-0.2, 0) is 14.3 Å². The molecule has 0 amide bonds. The fourth-order valence-electron chi connectivity index (χ4n) is 0.704. The van der Waals surface area contributed by atoms with Crippen LogP contribution in [0.3, 0.4) is 0 Å². The van der Waals surface area contributed by atoms with E-state index < -0.39 is 5.97 Å². The molecule has 3 heteroatoms. The summed E-state index contributed by atoms with van der Waals surface area (Å²) in [6.07, 6.45) is 1.64. The molecule has 0 bridgehead atoms. The Labute approximate surface area is 66.0 Å². The summed E-state index contributed by atoms with van der Waals surface area (Å²) in [7, 11) is 1.31. The second-order valence-corrected chi connectivity index (χ2v) is 2.39. The summed E-state index contributed by atoms with van der Waals surface area (Å²) in [5.41, 5.74) is 0.726. The van der Waals surface area contributed by atoms with Crippen LogP contribution in [0, 0.1) is 0 Å². The third-order valence-corrected chi connectivity index (χ3v) is 1.09. The minimum absolute atomic E-state index is 0.0441. The molecule has 0 saturated heterocycles. The van der Waals surface area contributed by atoms with Crippen molar-refractivity contribution in [2.75, 3.05) is 7.11 Å². The molecule has 0 spiro atoms. The van der Waals surface area contributed by atoms with E-state index in [1.165, 1.54) is 20.1 Å². The van der Waals surface area contributed by atoms with E-state index in [2.05, 4.69) is 4.74 Å². The Morgan fingerprint density at radius 1 is 1.36 bits per heavy atom. The smallest absolute Gasteiger partial charge is 0.330 e. The van der Waals surface area contributed by atoms with E-state index in [9.17, 15) is 9.59 Å². The maximum atomic E-state index is 10.6. The van der Waals surface area contributed by atoms with E-state index in [1.54, 1.807) is 6.92 Å². The molecule has 0 saturated carbocycles. The highest BCUT2D eigenvalue weighted by atomic mass is 16.5. The minimum Gasteiger partial charge on any atom is -0.466 e. The van der Waals surface area contributed by atoms with E-state index in [0.717, 1.165) is 5.57 Å². The van der Waals surface area contributed by atoms with Crippen LogP contribution in [-0.4, -0.2) is 18.9 Å². The van der Waals surface area contributed by atoms with E-state index >= 15 is 0 Å². The lowest BCUT2D eigenvalue weighted by Crippen LogP contribution is -1.98. The zero-order valence-electron chi connectivity index (χ0n) is 7.01. The molecule has 0 aliphatic heterocycles. The topological polar surface area (TPSA) is 43.4 Å². The molecule has 0 aromatic rings. The molecule has 0 heterocycles. The Morgan fingerprint density at radius 3 is 2.27 bits per heavy atom. The predicted molar refractivity (Wildman–Crippen MR) is 41.1 cm³/mol. The summed E-state index contributed by atoms with van der Waals surface area (Å²) in [6.45, 7) is 3.20. The van der Waals surface area contributed by atoms with Crippen LogP contribution in [0.15, 0.2) is 11.6 Å². The van der Waals surface area contributed by atoms with Crippen LogP contribution in [0.5, 0.6) is 0 Å². The van der Waals surface area contributed by atoms with Crippen LogP contribution in [0.1, 0.15) is 20.3 Å². The molecule has 0 aromatic heterocycles. The summed E-state index contributed by atoms with van der Waals surface area (Å²) < 4.78 is 4.38. The van der Waals surface area contributed by atoms with Crippen molar-refractivity contribution in [2.24, 2.45) is 0 Å². The number of hydrogen-bond acceptors (Lipinski definition) is 3. The monoisotopic (exact) mass is 156 g/mol. The van der Waals surface area contributed by atoms with Gasteiger partial charge in [-0.2, -0.15) is 0 Å². The molecular weight excluding hydrogens is 144 g/mol. The van der Waals surface area contributed by atoms with Gasteiger partial charge in [0.15, 0.2) is 0 Å². The number of Topliss-reactive ketones (excluding diaryl/α,β-unsaturated/α-hetero) is 1. The second kappa shape index (κ2) is 4.66. The summed E-state index contributed by atoms with van der Waals surface area (Å²) in [4.78, 5) is 21.1. The predicted octanol–water partition coefficient (Wildman–Crippen LogP) is 1.08. The molecule has 0 N–H and O–H groups in total. The summed E-state index contributed by atoms with van der Waals surface area (Å²) in [5, 5.41) is 0. The first-order valence-corrected chi connectivity index (χ1v) is 3.31. The standard InChI is InChI=1S/C8H12O3/c1-6(4-7(2)9)5-8(10)11-3/h5H,4H2,1-3H3/b6-5+. The first-order chi connectivity index (χ1) is 5.06. The maximum absolute atomic E-state index is 10.6. The molecule has 0 aromatic carbocycles. The summed E-state index contributed by atoms with van der Waals surface area (Å²) in [5.74, 6) is -0.369.